The maximum Gasteiger partial charge on any atom is 0.0948 e. The highest BCUT2D eigenvalue weighted by atomic mass is 15.1. The first kappa shape index (κ1) is 7.56. The van der Waals surface area contributed by atoms with E-state index in [1.54, 1.807) is 0 Å². The van der Waals surface area contributed by atoms with Crippen molar-refractivity contribution in [2.75, 3.05) is 0 Å². The molecule has 1 aliphatic carbocycles. The molecule has 0 bridgehead atoms. The fraction of sp³-hybridized carbons (Fsp3) is 0.700. The Hall–Kier alpha value is -0.830. The second-order valence-corrected chi connectivity index (χ2v) is 4.21. The molecule has 70 valence electrons. The van der Waals surface area contributed by atoms with Gasteiger partial charge in [0.25, 0.3) is 0 Å². The highest BCUT2D eigenvalue weighted by Crippen LogP contribution is 2.22. The van der Waals surface area contributed by atoms with Crippen LogP contribution in [-0.4, -0.2) is 21.6 Å². The summed E-state index contributed by atoms with van der Waals surface area (Å²) in [5.74, 6) is 0. The molecule has 0 saturated heterocycles. The van der Waals surface area contributed by atoms with Crippen molar-refractivity contribution in [2.45, 2.75) is 44.3 Å². The van der Waals surface area contributed by atoms with Gasteiger partial charge in [-0.2, -0.15) is 0 Å². The summed E-state index contributed by atoms with van der Waals surface area (Å²) in [7, 11) is 0. The van der Waals surface area contributed by atoms with Gasteiger partial charge in [-0.05, 0) is 25.7 Å². The topological polar surface area (TPSA) is 29.9 Å². The highest BCUT2D eigenvalue weighted by Gasteiger charge is 2.26. The number of aromatic nitrogens is 2. The molecule has 3 nitrogen and oxygen atoms in total. The molecular weight excluding hydrogens is 162 g/mol. The van der Waals surface area contributed by atoms with Crippen LogP contribution in [0.2, 0.25) is 0 Å². The minimum Gasteiger partial charge on any atom is -0.333 e. The molecule has 2 aliphatic rings. The molecule has 1 atom stereocenters. The average Bonchev–Trinajstić information content (AvgIpc) is 2.83. The van der Waals surface area contributed by atoms with Gasteiger partial charge >= 0.3 is 0 Å². The third-order valence-corrected chi connectivity index (χ3v) is 3.01. The van der Waals surface area contributed by atoms with Gasteiger partial charge in [0, 0.05) is 30.5 Å². The lowest BCUT2D eigenvalue weighted by atomic mass is 10.1. The van der Waals surface area contributed by atoms with Crippen molar-refractivity contribution in [1.29, 1.82) is 0 Å². The van der Waals surface area contributed by atoms with Crippen LogP contribution in [0.15, 0.2) is 12.5 Å². The molecule has 1 N–H and O–H groups in total. The molecule has 1 aromatic heterocycles. The van der Waals surface area contributed by atoms with Gasteiger partial charge in [-0.25, -0.2) is 4.98 Å². The van der Waals surface area contributed by atoms with E-state index in [1.165, 1.54) is 31.4 Å². The maximum absolute atomic E-state index is 4.17. The predicted octanol–water partition coefficient (Wildman–Crippen LogP) is 0.950. The monoisotopic (exact) mass is 177 g/mol. The minimum atomic E-state index is 0.689. The summed E-state index contributed by atoms with van der Waals surface area (Å²) >= 11 is 0. The lowest BCUT2D eigenvalue weighted by Gasteiger charge is -2.24. The standard InChI is InChI=1S/C10H15N3/c1-2-8(1)12-9-3-4-10-5-11-7-13(10)6-9/h5,7-9,12H,1-4,6H2. The zero-order valence-corrected chi connectivity index (χ0v) is 7.74. The average molecular weight is 177 g/mol. The Morgan fingerprint density at radius 1 is 1.31 bits per heavy atom. The molecule has 13 heavy (non-hydrogen) atoms. The number of nitrogens with one attached hydrogen (secondary N) is 1. The van der Waals surface area contributed by atoms with E-state index in [-0.39, 0.29) is 0 Å². The third kappa shape index (κ3) is 1.48. The van der Waals surface area contributed by atoms with E-state index in [4.69, 9.17) is 0 Å². The SMILES string of the molecule is c1ncn2c1CCC(NC1CC1)C2. The first-order valence-corrected chi connectivity index (χ1v) is 5.17. The number of hydrogen-bond acceptors (Lipinski definition) is 2. The number of imidazole rings is 1. The fourth-order valence-corrected chi connectivity index (χ4v) is 2.09. The number of aryl methyl sites for hydroxylation is 1. The molecule has 3 rings (SSSR count). The Balaban J connectivity index is 1.69. The predicted molar refractivity (Wildman–Crippen MR) is 50.5 cm³/mol. The van der Waals surface area contributed by atoms with Crippen molar-refractivity contribution in [3.05, 3.63) is 18.2 Å². The van der Waals surface area contributed by atoms with Crippen molar-refractivity contribution in [1.82, 2.24) is 14.9 Å². The highest BCUT2D eigenvalue weighted by molar-refractivity contribution is 5.03. The number of nitrogens with zero attached hydrogens (tertiary/aromatic N) is 2. The van der Waals surface area contributed by atoms with Gasteiger partial charge in [0.1, 0.15) is 0 Å². The van der Waals surface area contributed by atoms with Gasteiger partial charge < -0.3 is 9.88 Å². The normalized spacial score (nSPS) is 27.2. The van der Waals surface area contributed by atoms with E-state index in [2.05, 4.69) is 14.9 Å². The van der Waals surface area contributed by atoms with Gasteiger partial charge in [-0.1, -0.05) is 0 Å². The molecule has 1 saturated carbocycles. The molecule has 1 aromatic rings. The molecule has 0 radical (unpaired) electrons. The first-order chi connectivity index (χ1) is 6.42. The van der Waals surface area contributed by atoms with Crippen LogP contribution in [-0.2, 0) is 13.0 Å². The summed E-state index contributed by atoms with van der Waals surface area (Å²) in [4.78, 5) is 4.17. The zero-order chi connectivity index (χ0) is 8.67. The van der Waals surface area contributed by atoms with Crippen LogP contribution in [0, 0.1) is 0 Å². The Morgan fingerprint density at radius 3 is 3.08 bits per heavy atom. The quantitative estimate of drug-likeness (QED) is 0.729. The van der Waals surface area contributed by atoms with Crippen molar-refractivity contribution in [2.24, 2.45) is 0 Å². The second-order valence-electron chi connectivity index (χ2n) is 4.21. The van der Waals surface area contributed by atoms with Crippen LogP contribution in [0.5, 0.6) is 0 Å². The van der Waals surface area contributed by atoms with Gasteiger partial charge in [0.05, 0.1) is 6.33 Å². The molecular formula is C10H15N3. The molecule has 2 heterocycles. The lowest BCUT2D eigenvalue weighted by Crippen LogP contribution is -2.38. The molecule has 0 amide bonds. The molecule has 0 spiro atoms. The summed E-state index contributed by atoms with van der Waals surface area (Å²) in [5.41, 5.74) is 1.40. The lowest BCUT2D eigenvalue weighted by molar-refractivity contribution is 0.382. The summed E-state index contributed by atoms with van der Waals surface area (Å²) in [6.45, 7) is 1.12. The Kier molecular flexibility index (Phi) is 1.65. The van der Waals surface area contributed by atoms with E-state index in [0.717, 1.165) is 12.6 Å². The molecule has 1 aliphatic heterocycles. The summed E-state index contributed by atoms with van der Waals surface area (Å²) in [6.07, 6.45) is 9.18. The van der Waals surface area contributed by atoms with Crippen LogP contribution in [0.4, 0.5) is 0 Å². The van der Waals surface area contributed by atoms with Crippen molar-refractivity contribution < 1.29 is 0 Å². The van der Waals surface area contributed by atoms with Gasteiger partial charge in [0.2, 0.25) is 0 Å². The van der Waals surface area contributed by atoms with Gasteiger partial charge in [0.15, 0.2) is 0 Å². The van der Waals surface area contributed by atoms with Crippen LogP contribution in [0.1, 0.15) is 25.0 Å². The first-order valence-electron chi connectivity index (χ1n) is 5.17. The Labute approximate surface area is 78.2 Å². The van der Waals surface area contributed by atoms with Gasteiger partial charge in [-0.3, -0.25) is 0 Å². The molecule has 0 aromatic carbocycles. The minimum absolute atomic E-state index is 0.689. The van der Waals surface area contributed by atoms with E-state index >= 15 is 0 Å². The number of rotatable bonds is 2. The van der Waals surface area contributed by atoms with E-state index in [0.29, 0.717) is 6.04 Å². The Bertz CT molecular complexity index is 301. The van der Waals surface area contributed by atoms with Crippen LogP contribution in [0.3, 0.4) is 0 Å². The van der Waals surface area contributed by atoms with Crippen molar-refractivity contribution >= 4 is 0 Å². The van der Waals surface area contributed by atoms with Crippen molar-refractivity contribution in [3.63, 3.8) is 0 Å². The van der Waals surface area contributed by atoms with E-state index < -0.39 is 0 Å². The van der Waals surface area contributed by atoms with Gasteiger partial charge in [-0.15, -0.1) is 0 Å². The smallest absolute Gasteiger partial charge is 0.0948 e. The largest absolute Gasteiger partial charge is 0.333 e. The fourth-order valence-electron chi connectivity index (χ4n) is 2.09. The number of fused-ring (bicyclic) bond motifs is 1. The Morgan fingerprint density at radius 2 is 2.23 bits per heavy atom. The van der Waals surface area contributed by atoms with E-state index in [9.17, 15) is 0 Å². The van der Waals surface area contributed by atoms with Crippen molar-refractivity contribution in [3.8, 4) is 0 Å². The third-order valence-electron chi connectivity index (χ3n) is 3.01. The maximum atomic E-state index is 4.17. The second kappa shape index (κ2) is 2.84. The molecule has 1 fully saturated rings. The van der Waals surface area contributed by atoms with E-state index in [1.807, 2.05) is 12.5 Å². The van der Waals surface area contributed by atoms with Crippen LogP contribution in [0.25, 0.3) is 0 Å². The summed E-state index contributed by atoms with van der Waals surface area (Å²) in [6, 6.07) is 1.52. The summed E-state index contributed by atoms with van der Waals surface area (Å²) in [5, 5.41) is 3.67. The zero-order valence-electron chi connectivity index (χ0n) is 7.74. The number of hydrogen-bond donors (Lipinski definition) is 1. The molecule has 1 unspecified atom stereocenters. The summed E-state index contributed by atoms with van der Waals surface area (Å²) < 4.78 is 2.28. The van der Waals surface area contributed by atoms with Crippen LogP contribution < -0.4 is 5.32 Å². The van der Waals surface area contributed by atoms with Crippen LogP contribution >= 0.6 is 0 Å². The molecule has 3 heteroatoms.